The minimum absolute atomic E-state index is 0.242. The van der Waals surface area contributed by atoms with E-state index in [2.05, 4.69) is 4.98 Å². The lowest BCUT2D eigenvalue weighted by Gasteiger charge is -2.04. The number of aromatic nitrogens is 1. The Balaban J connectivity index is 2.11. The Morgan fingerprint density at radius 2 is 2.41 bits per heavy atom. The van der Waals surface area contributed by atoms with Crippen LogP contribution in [0.2, 0.25) is 0 Å². The van der Waals surface area contributed by atoms with E-state index in [0.29, 0.717) is 12.4 Å². The van der Waals surface area contributed by atoms with Crippen molar-refractivity contribution < 1.29 is 14.6 Å². The fraction of sp³-hybridized carbons (Fsp3) is 0.167. The number of nitrogens with zero attached hydrogens (tertiary/aromatic N) is 1. The molecule has 0 aliphatic heterocycles. The van der Waals surface area contributed by atoms with Crippen LogP contribution < -0.4 is 4.74 Å². The number of carbonyl (C=O) groups is 1. The van der Waals surface area contributed by atoms with Gasteiger partial charge in [0.25, 0.3) is 0 Å². The molecule has 2 aromatic rings. The largest absolute Gasteiger partial charge is 0.487 e. The Hall–Kier alpha value is -1.88. The van der Waals surface area contributed by atoms with Crippen molar-refractivity contribution >= 4 is 17.3 Å². The van der Waals surface area contributed by atoms with E-state index in [9.17, 15) is 4.79 Å². The second kappa shape index (κ2) is 4.97. The van der Waals surface area contributed by atoms with Crippen molar-refractivity contribution in [1.82, 2.24) is 4.98 Å². The van der Waals surface area contributed by atoms with Crippen LogP contribution >= 0.6 is 11.3 Å². The SMILES string of the molecule is Cc1cc(OCc2cccnc2)c(C(=O)O)s1. The maximum Gasteiger partial charge on any atom is 0.349 e. The molecule has 88 valence electrons. The number of carboxylic acids is 1. The van der Waals surface area contributed by atoms with Crippen molar-refractivity contribution in [1.29, 1.82) is 0 Å². The Bertz CT molecular complexity index is 522. The van der Waals surface area contributed by atoms with E-state index in [-0.39, 0.29) is 4.88 Å². The zero-order valence-corrected chi connectivity index (χ0v) is 10.0. The van der Waals surface area contributed by atoms with Crippen molar-refractivity contribution in [2.75, 3.05) is 0 Å². The summed E-state index contributed by atoms with van der Waals surface area (Å²) in [5.41, 5.74) is 0.910. The van der Waals surface area contributed by atoms with Crippen LogP contribution in [0.1, 0.15) is 20.1 Å². The summed E-state index contributed by atoms with van der Waals surface area (Å²) in [6, 6.07) is 5.44. The molecule has 0 aliphatic rings. The highest BCUT2D eigenvalue weighted by atomic mass is 32.1. The number of aromatic carboxylic acids is 1. The van der Waals surface area contributed by atoms with Crippen LogP contribution in [0.3, 0.4) is 0 Å². The van der Waals surface area contributed by atoms with E-state index in [4.69, 9.17) is 9.84 Å². The van der Waals surface area contributed by atoms with Crippen molar-refractivity contribution in [3.8, 4) is 5.75 Å². The van der Waals surface area contributed by atoms with Crippen LogP contribution in [-0.4, -0.2) is 16.1 Å². The van der Waals surface area contributed by atoms with Crippen LogP contribution in [0, 0.1) is 6.92 Å². The normalized spacial score (nSPS) is 10.2. The van der Waals surface area contributed by atoms with Crippen molar-refractivity contribution in [2.24, 2.45) is 0 Å². The molecule has 0 fully saturated rings. The molecule has 0 spiro atoms. The van der Waals surface area contributed by atoms with Crippen LogP contribution in [-0.2, 0) is 6.61 Å². The van der Waals surface area contributed by atoms with E-state index >= 15 is 0 Å². The molecule has 5 heteroatoms. The average Bonchev–Trinajstić information content (AvgIpc) is 2.69. The molecule has 0 saturated heterocycles. The van der Waals surface area contributed by atoms with E-state index in [1.807, 2.05) is 19.1 Å². The summed E-state index contributed by atoms with van der Waals surface area (Å²) < 4.78 is 5.49. The first-order valence-corrected chi connectivity index (χ1v) is 5.84. The molecule has 17 heavy (non-hydrogen) atoms. The van der Waals surface area contributed by atoms with Gasteiger partial charge in [-0.25, -0.2) is 4.79 Å². The van der Waals surface area contributed by atoms with Gasteiger partial charge in [0, 0.05) is 22.8 Å². The van der Waals surface area contributed by atoms with Gasteiger partial charge in [-0.05, 0) is 19.1 Å². The lowest BCUT2D eigenvalue weighted by molar-refractivity contribution is 0.0697. The molecular formula is C12H11NO3S. The maximum atomic E-state index is 11.0. The maximum absolute atomic E-state index is 11.0. The summed E-state index contributed by atoms with van der Waals surface area (Å²) in [6.07, 6.45) is 3.38. The predicted molar refractivity (Wildman–Crippen MR) is 64.6 cm³/mol. The monoisotopic (exact) mass is 249 g/mol. The number of pyridine rings is 1. The Morgan fingerprint density at radius 3 is 3.06 bits per heavy atom. The molecule has 0 unspecified atom stereocenters. The summed E-state index contributed by atoms with van der Waals surface area (Å²) in [7, 11) is 0. The van der Waals surface area contributed by atoms with Gasteiger partial charge < -0.3 is 9.84 Å². The quantitative estimate of drug-likeness (QED) is 0.905. The lowest BCUT2D eigenvalue weighted by atomic mass is 10.3. The molecule has 1 N–H and O–H groups in total. The third-order valence-electron chi connectivity index (χ3n) is 2.13. The molecule has 0 aliphatic carbocycles. The van der Waals surface area contributed by atoms with Gasteiger partial charge in [-0.1, -0.05) is 6.07 Å². The minimum atomic E-state index is -0.954. The van der Waals surface area contributed by atoms with Gasteiger partial charge in [-0.2, -0.15) is 0 Å². The van der Waals surface area contributed by atoms with Crippen LogP contribution in [0.25, 0.3) is 0 Å². The molecular weight excluding hydrogens is 238 g/mol. The van der Waals surface area contributed by atoms with Gasteiger partial charge in [0.1, 0.15) is 12.4 Å². The van der Waals surface area contributed by atoms with E-state index in [1.165, 1.54) is 11.3 Å². The summed E-state index contributed by atoms with van der Waals surface area (Å²) >= 11 is 1.22. The van der Waals surface area contributed by atoms with Crippen LogP contribution in [0.15, 0.2) is 30.6 Å². The second-order valence-electron chi connectivity index (χ2n) is 3.51. The molecule has 0 bridgehead atoms. The Morgan fingerprint density at radius 1 is 1.59 bits per heavy atom. The van der Waals surface area contributed by atoms with Gasteiger partial charge in [0.2, 0.25) is 0 Å². The zero-order valence-electron chi connectivity index (χ0n) is 9.21. The summed E-state index contributed by atoms with van der Waals surface area (Å²) in [5, 5.41) is 8.99. The lowest BCUT2D eigenvalue weighted by Crippen LogP contribution is -2.00. The Kier molecular flexibility index (Phi) is 3.39. The second-order valence-corrected chi connectivity index (χ2v) is 4.76. The third kappa shape index (κ3) is 2.82. The minimum Gasteiger partial charge on any atom is -0.487 e. The van der Waals surface area contributed by atoms with Crippen LogP contribution in [0.4, 0.5) is 0 Å². The average molecular weight is 249 g/mol. The van der Waals surface area contributed by atoms with Gasteiger partial charge in [-0.15, -0.1) is 11.3 Å². The molecule has 0 radical (unpaired) electrons. The number of hydrogen-bond donors (Lipinski definition) is 1. The predicted octanol–water partition coefficient (Wildman–Crippen LogP) is 2.73. The van der Waals surface area contributed by atoms with Gasteiger partial charge >= 0.3 is 5.97 Å². The fourth-order valence-corrected chi connectivity index (χ4v) is 2.19. The highest BCUT2D eigenvalue weighted by molar-refractivity contribution is 7.14. The molecule has 2 heterocycles. The van der Waals surface area contributed by atoms with Crippen molar-refractivity contribution in [3.63, 3.8) is 0 Å². The smallest absolute Gasteiger partial charge is 0.349 e. The topological polar surface area (TPSA) is 59.4 Å². The fourth-order valence-electron chi connectivity index (χ4n) is 1.39. The van der Waals surface area contributed by atoms with Crippen LogP contribution in [0.5, 0.6) is 5.75 Å². The van der Waals surface area contributed by atoms with E-state index < -0.39 is 5.97 Å². The Labute approximate surface area is 103 Å². The van der Waals surface area contributed by atoms with Gasteiger partial charge in [0.15, 0.2) is 4.88 Å². The number of ether oxygens (including phenoxy) is 1. The highest BCUT2D eigenvalue weighted by Crippen LogP contribution is 2.29. The third-order valence-corrected chi connectivity index (χ3v) is 3.15. The molecule has 0 atom stereocenters. The zero-order chi connectivity index (χ0) is 12.3. The van der Waals surface area contributed by atoms with Crippen molar-refractivity contribution in [3.05, 3.63) is 45.9 Å². The molecule has 0 aromatic carbocycles. The summed E-state index contributed by atoms with van der Waals surface area (Å²) in [6.45, 7) is 2.18. The van der Waals surface area contributed by atoms with Gasteiger partial charge in [0.05, 0.1) is 0 Å². The molecule has 2 aromatic heterocycles. The molecule has 2 rings (SSSR count). The van der Waals surface area contributed by atoms with Crippen molar-refractivity contribution in [2.45, 2.75) is 13.5 Å². The first-order chi connectivity index (χ1) is 8.16. The first kappa shape index (κ1) is 11.6. The number of aryl methyl sites for hydroxylation is 1. The number of rotatable bonds is 4. The molecule has 0 amide bonds. The molecule has 4 nitrogen and oxygen atoms in total. The number of carboxylic acid groups (broad SMARTS) is 1. The first-order valence-electron chi connectivity index (χ1n) is 5.02. The summed E-state index contributed by atoms with van der Waals surface area (Å²) in [4.78, 5) is 16.1. The molecule has 0 saturated carbocycles. The number of thiophene rings is 1. The van der Waals surface area contributed by atoms with E-state index in [0.717, 1.165) is 10.4 Å². The van der Waals surface area contributed by atoms with Gasteiger partial charge in [-0.3, -0.25) is 4.98 Å². The highest BCUT2D eigenvalue weighted by Gasteiger charge is 2.15. The standard InChI is InChI=1S/C12H11NO3S/c1-8-5-10(11(17-8)12(14)15)16-7-9-3-2-4-13-6-9/h2-6H,7H2,1H3,(H,14,15). The summed E-state index contributed by atoms with van der Waals surface area (Å²) in [5.74, 6) is -0.534. The number of hydrogen-bond acceptors (Lipinski definition) is 4. The van der Waals surface area contributed by atoms with E-state index in [1.54, 1.807) is 18.5 Å².